The van der Waals surface area contributed by atoms with Crippen LogP contribution in [0.3, 0.4) is 0 Å². The first-order chi connectivity index (χ1) is 18.6. The minimum absolute atomic E-state index is 0.188. The second-order valence-electron chi connectivity index (χ2n) is 9.27. The molecular weight excluding hydrogens is 474 g/mol. The number of hydrogen-bond donors (Lipinski definition) is 2. The normalized spacial score (nSPS) is 12.1. The molecule has 2 N–H and O–H groups in total. The summed E-state index contributed by atoms with van der Waals surface area (Å²) < 4.78 is 4.08. The maximum Gasteiger partial charge on any atom is 0.268 e. The van der Waals surface area contributed by atoms with Crippen LogP contribution in [0, 0.1) is 6.92 Å². The Hall–Kier alpha value is -4.98. The predicted molar refractivity (Wildman–Crippen MR) is 147 cm³/mol. The lowest BCUT2D eigenvalue weighted by Crippen LogP contribution is -2.32. The van der Waals surface area contributed by atoms with Gasteiger partial charge in [0.15, 0.2) is 0 Å². The van der Waals surface area contributed by atoms with Gasteiger partial charge < -0.3 is 19.4 Å². The summed E-state index contributed by atoms with van der Waals surface area (Å²) in [6.45, 7) is 1.98. The summed E-state index contributed by atoms with van der Waals surface area (Å²) in [6.07, 6.45) is 7.87. The molecule has 6 aromatic rings. The van der Waals surface area contributed by atoms with Crippen molar-refractivity contribution in [2.24, 2.45) is 7.05 Å². The number of para-hydroxylation sites is 1. The Morgan fingerprint density at radius 1 is 0.974 bits per heavy atom. The number of aromatic nitrogens is 6. The largest absolute Gasteiger partial charge is 0.351 e. The number of rotatable bonds is 7. The third kappa shape index (κ3) is 4.48. The number of amides is 1. The van der Waals surface area contributed by atoms with Crippen molar-refractivity contribution in [1.82, 2.24) is 34.4 Å². The number of benzene rings is 2. The molecule has 0 bridgehead atoms. The Kier molecular flexibility index (Phi) is 6.05. The Labute approximate surface area is 220 Å². The summed E-state index contributed by atoms with van der Waals surface area (Å²) in [5.74, 6) is 1.50. The van der Waals surface area contributed by atoms with Gasteiger partial charge in [-0.05, 0) is 48.9 Å². The van der Waals surface area contributed by atoms with Crippen LogP contribution in [0.5, 0.6) is 0 Å². The van der Waals surface area contributed by atoms with E-state index in [1.54, 1.807) is 12.4 Å². The molecule has 0 aliphatic rings. The monoisotopic (exact) mass is 501 g/mol. The Morgan fingerprint density at radius 2 is 1.79 bits per heavy atom. The minimum atomic E-state index is -0.379. The molecule has 1 unspecified atom stereocenters. The van der Waals surface area contributed by atoms with Crippen LogP contribution in [0.4, 0.5) is 0 Å². The molecule has 8 heteroatoms. The highest BCUT2D eigenvalue weighted by Gasteiger charge is 2.23. The number of nitrogens with one attached hydrogen (secondary N) is 2. The molecule has 188 valence electrons. The van der Waals surface area contributed by atoms with Crippen molar-refractivity contribution in [1.29, 1.82) is 0 Å². The van der Waals surface area contributed by atoms with Crippen molar-refractivity contribution in [3.63, 3.8) is 0 Å². The molecule has 2 aromatic carbocycles. The van der Waals surface area contributed by atoms with E-state index in [9.17, 15) is 4.79 Å². The zero-order valence-corrected chi connectivity index (χ0v) is 21.2. The van der Waals surface area contributed by atoms with Gasteiger partial charge in [0.05, 0.1) is 17.9 Å². The van der Waals surface area contributed by atoms with Gasteiger partial charge in [-0.15, -0.1) is 0 Å². The van der Waals surface area contributed by atoms with Crippen molar-refractivity contribution >= 4 is 16.8 Å². The number of H-pyrrole nitrogens is 1. The molecule has 0 fully saturated rings. The average molecular weight is 502 g/mol. The fourth-order valence-corrected chi connectivity index (χ4v) is 4.83. The molecule has 4 heterocycles. The third-order valence-electron chi connectivity index (χ3n) is 6.82. The van der Waals surface area contributed by atoms with Crippen LogP contribution >= 0.6 is 0 Å². The van der Waals surface area contributed by atoms with E-state index in [2.05, 4.69) is 44.5 Å². The number of aromatic amines is 1. The van der Waals surface area contributed by atoms with Gasteiger partial charge in [0, 0.05) is 54.3 Å². The highest BCUT2D eigenvalue weighted by molar-refractivity contribution is 5.98. The molecule has 0 aliphatic carbocycles. The standard InChI is InChI=1S/C30H27N7O/c1-20-31-15-16-37(20)24-12-10-21(11-13-24)28-19-33-29(36(28)2)26(18-23-8-5-6-14-32-23)35-30(38)27-17-22-7-3-4-9-25(22)34-27/h3-17,19,26,34H,18H2,1-2H3,(H,35,38). The molecule has 0 radical (unpaired) electrons. The lowest BCUT2D eigenvalue weighted by Gasteiger charge is -2.19. The first-order valence-corrected chi connectivity index (χ1v) is 12.5. The number of carbonyl (C=O) groups is 1. The zero-order chi connectivity index (χ0) is 26.1. The van der Waals surface area contributed by atoms with E-state index < -0.39 is 0 Å². The van der Waals surface area contributed by atoms with Crippen molar-refractivity contribution in [2.75, 3.05) is 0 Å². The van der Waals surface area contributed by atoms with Gasteiger partial charge in [0.2, 0.25) is 0 Å². The molecule has 8 nitrogen and oxygen atoms in total. The number of pyridine rings is 1. The molecule has 0 spiro atoms. The second kappa shape index (κ2) is 9.82. The Balaban J connectivity index is 1.31. The van der Waals surface area contributed by atoms with Crippen LogP contribution in [-0.4, -0.2) is 35.0 Å². The highest BCUT2D eigenvalue weighted by Crippen LogP contribution is 2.26. The number of aryl methyl sites for hydroxylation is 1. The van der Waals surface area contributed by atoms with E-state index in [1.807, 2.05) is 84.0 Å². The molecule has 6 rings (SSSR count). The van der Waals surface area contributed by atoms with Crippen LogP contribution in [0.1, 0.15) is 33.9 Å². The first kappa shape index (κ1) is 23.4. The van der Waals surface area contributed by atoms with Crippen molar-refractivity contribution in [2.45, 2.75) is 19.4 Å². The van der Waals surface area contributed by atoms with E-state index in [0.717, 1.165) is 45.2 Å². The fourth-order valence-electron chi connectivity index (χ4n) is 4.83. The maximum atomic E-state index is 13.3. The van der Waals surface area contributed by atoms with Crippen LogP contribution in [0.2, 0.25) is 0 Å². The second-order valence-corrected chi connectivity index (χ2v) is 9.27. The van der Waals surface area contributed by atoms with Crippen LogP contribution < -0.4 is 5.32 Å². The molecule has 0 saturated carbocycles. The summed E-state index contributed by atoms with van der Waals surface area (Å²) >= 11 is 0. The quantitative estimate of drug-likeness (QED) is 0.316. The molecule has 1 amide bonds. The number of hydrogen-bond acceptors (Lipinski definition) is 4. The lowest BCUT2D eigenvalue weighted by atomic mass is 10.1. The topological polar surface area (TPSA) is 93.4 Å². The van der Waals surface area contributed by atoms with Crippen LogP contribution in [-0.2, 0) is 13.5 Å². The summed E-state index contributed by atoms with van der Waals surface area (Å²) in [4.78, 5) is 30.1. The van der Waals surface area contributed by atoms with E-state index in [-0.39, 0.29) is 11.9 Å². The van der Waals surface area contributed by atoms with Gasteiger partial charge in [0.25, 0.3) is 5.91 Å². The van der Waals surface area contributed by atoms with Gasteiger partial charge in [-0.1, -0.05) is 36.4 Å². The SMILES string of the molecule is Cc1nccn1-c1ccc(-c2cnc(C(Cc3ccccn3)NC(=O)c3cc4ccccc4[nH]3)n2C)cc1. The van der Waals surface area contributed by atoms with Crippen molar-refractivity contribution < 1.29 is 4.79 Å². The van der Waals surface area contributed by atoms with Gasteiger partial charge in [-0.2, -0.15) is 0 Å². The summed E-state index contributed by atoms with van der Waals surface area (Å²) in [5, 5.41) is 4.19. The maximum absolute atomic E-state index is 13.3. The van der Waals surface area contributed by atoms with Crippen molar-refractivity contribution in [3.05, 3.63) is 121 Å². The number of nitrogens with zero attached hydrogens (tertiary/aromatic N) is 5. The van der Waals surface area contributed by atoms with E-state index in [4.69, 9.17) is 4.98 Å². The van der Waals surface area contributed by atoms with E-state index in [0.29, 0.717) is 12.1 Å². The predicted octanol–water partition coefficient (Wildman–Crippen LogP) is 5.17. The Morgan fingerprint density at radius 3 is 2.53 bits per heavy atom. The van der Waals surface area contributed by atoms with Gasteiger partial charge in [-0.3, -0.25) is 9.78 Å². The molecule has 0 saturated heterocycles. The van der Waals surface area contributed by atoms with E-state index in [1.165, 1.54) is 0 Å². The molecule has 0 aliphatic heterocycles. The average Bonchev–Trinajstić information content (AvgIpc) is 3.67. The molecule has 1 atom stereocenters. The van der Waals surface area contributed by atoms with Crippen LogP contribution in [0.15, 0.2) is 97.6 Å². The lowest BCUT2D eigenvalue weighted by molar-refractivity contribution is 0.0930. The summed E-state index contributed by atoms with van der Waals surface area (Å²) in [5.41, 5.74) is 5.35. The zero-order valence-electron chi connectivity index (χ0n) is 21.2. The number of imidazole rings is 2. The van der Waals surface area contributed by atoms with Gasteiger partial charge in [0.1, 0.15) is 17.3 Å². The van der Waals surface area contributed by atoms with Crippen LogP contribution in [0.25, 0.3) is 27.8 Å². The van der Waals surface area contributed by atoms with E-state index >= 15 is 0 Å². The summed E-state index contributed by atoms with van der Waals surface area (Å²) in [7, 11) is 1.98. The van der Waals surface area contributed by atoms with Gasteiger partial charge in [-0.25, -0.2) is 9.97 Å². The third-order valence-corrected chi connectivity index (χ3v) is 6.82. The molecular formula is C30H27N7O. The molecule has 4 aromatic heterocycles. The molecule has 38 heavy (non-hydrogen) atoms. The number of fused-ring (bicyclic) bond motifs is 1. The first-order valence-electron chi connectivity index (χ1n) is 12.5. The van der Waals surface area contributed by atoms with Gasteiger partial charge >= 0.3 is 0 Å². The number of carbonyl (C=O) groups excluding carboxylic acids is 1. The Bertz CT molecular complexity index is 1680. The summed E-state index contributed by atoms with van der Waals surface area (Å²) in [6, 6.07) is 23.4. The van der Waals surface area contributed by atoms with Crippen molar-refractivity contribution in [3.8, 4) is 16.9 Å². The minimum Gasteiger partial charge on any atom is -0.351 e. The smallest absolute Gasteiger partial charge is 0.268 e. The fraction of sp³-hybridized carbons (Fsp3) is 0.133. The highest BCUT2D eigenvalue weighted by atomic mass is 16.2.